The first-order valence-corrected chi connectivity index (χ1v) is 9.35. The minimum Gasteiger partial charge on any atom is -0.336 e. The molecular weight excluding hydrogens is 370 g/mol. The van der Waals surface area contributed by atoms with Gasteiger partial charge in [-0.05, 0) is 43.2 Å². The van der Waals surface area contributed by atoms with Crippen LogP contribution in [0, 0.1) is 13.8 Å². The van der Waals surface area contributed by atoms with Gasteiger partial charge in [0.15, 0.2) is 0 Å². The molecule has 0 spiro atoms. The van der Waals surface area contributed by atoms with Crippen LogP contribution >= 0.6 is 0 Å². The monoisotopic (exact) mass is 393 g/mol. The Balaban J connectivity index is 1.53. The lowest BCUT2D eigenvalue weighted by Gasteiger charge is -2.19. The Morgan fingerprint density at radius 2 is 1.59 bits per heavy atom. The number of imide groups is 1. The number of anilines is 1. The van der Waals surface area contributed by atoms with Crippen LogP contribution in [0.3, 0.4) is 0 Å². The predicted octanol–water partition coefficient (Wildman–Crippen LogP) is 2.39. The molecule has 0 saturated carbocycles. The molecule has 4 amide bonds. The lowest BCUT2D eigenvalue weighted by molar-refractivity contribution is -0.133. The van der Waals surface area contributed by atoms with Crippen molar-refractivity contribution >= 4 is 29.3 Å². The normalized spacial score (nSPS) is 12.7. The summed E-state index contributed by atoms with van der Waals surface area (Å²) >= 11 is 0. The number of aryl methyl sites for hydroxylation is 1. The second-order valence-electron chi connectivity index (χ2n) is 7.10. The number of likely N-dealkylation sites (N-methyl/N-ethyl adjacent to an activating group) is 1. The molecule has 1 heterocycles. The van der Waals surface area contributed by atoms with Crippen LogP contribution in [0.1, 0.15) is 38.3 Å². The highest BCUT2D eigenvalue weighted by Gasteiger charge is 2.35. The number of nitrogens with one attached hydrogen (secondary N) is 1. The fourth-order valence-electron chi connectivity index (χ4n) is 3.22. The van der Waals surface area contributed by atoms with Crippen molar-refractivity contribution in [3.05, 3.63) is 64.7 Å². The van der Waals surface area contributed by atoms with Gasteiger partial charge in [-0.3, -0.25) is 24.1 Å². The molecule has 1 aliphatic rings. The minimum atomic E-state index is -0.395. The number of rotatable bonds is 6. The van der Waals surface area contributed by atoms with Gasteiger partial charge < -0.3 is 10.2 Å². The Kier molecular flexibility index (Phi) is 5.77. The molecule has 0 radical (unpaired) electrons. The summed E-state index contributed by atoms with van der Waals surface area (Å²) in [5.41, 5.74) is 3.45. The molecule has 1 N–H and O–H groups in total. The highest BCUT2D eigenvalue weighted by molar-refractivity contribution is 6.21. The van der Waals surface area contributed by atoms with Crippen LogP contribution in [-0.4, -0.2) is 53.6 Å². The van der Waals surface area contributed by atoms with Crippen molar-refractivity contribution < 1.29 is 19.2 Å². The number of fused-ring (bicyclic) bond motifs is 1. The van der Waals surface area contributed by atoms with Crippen LogP contribution in [0.4, 0.5) is 5.69 Å². The van der Waals surface area contributed by atoms with Crippen LogP contribution in [-0.2, 0) is 9.59 Å². The second kappa shape index (κ2) is 8.26. The Labute approximate surface area is 169 Å². The fourth-order valence-corrected chi connectivity index (χ4v) is 3.22. The lowest BCUT2D eigenvalue weighted by Crippen LogP contribution is -2.38. The Bertz CT molecular complexity index is 964. The van der Waals surface area contributed by atoms with E-state index in [0.717, 1.165) is 16.0 Å². The molecule has 0 unspecified atom stereocenters. The van der Waals surface area contributed by atoms with E-state index < -0.39 is 11.8 Å². The summed E-state index contributed by atoms with van der Waals surface area (Å²) in [4.78, 5) is 51.7. The SMILES string of the molecule is Cc1cccc(NC(=O)CN(C)C(=O)CCN2C(=O)c3ccccc3C2=O)c1C. The maximum atomic E-state index is 12.4. The fraction of sp³-hybridized carbons (Fsp3) is 0.273. The molecule has 0 atom stereocenters. The summed E-state index contributed by atoms with van der Waals surface area (Å²) < 4.78 is 0. The quantitative estimate of drug-likeness (QED) is 0.764. The van der Waals surface area contributed by atoms with Crippen LogP contribution in [0.5, 0.6) is 0 Å². The molecule has 0 aromatic heterocycles. The van der Waals surface area contributed by atoms with Crippen molar-refractivity contribution in [3.8, 4) is 0 Å². The Hall–Kier alpha value is -3.48. The molecule has 7 heteroatoms. The van der Waals surface area contributed by atoms with Crippen LogP contribution in [0.25, 0.3) is 0 Å². The van der Waals surface area contributed by atoms with Crippen molar-refractivity contribution in [2.24, 2.45) is 0 Å². The van der Waals surface area contributed by atoms with Gasteiger partial charge in [0, 0.05) is 25.7 Å². The zero-order valence-corrected chi connectivity index (χ0v) is 16.7. The van der Waals surface area contributed by atoms with Crippen LogP contribution in [0.15, 0.2) is 42.5 Å². The molecule has 3 rings (SSSR count). The molecule has 0 bridgehead atoms. The van der Waals surface area contributed by atoms with Gasteiger partial charge in [-0.1, -0.05) is 24.3 Å². The van der Waals surface area contributed by atoms with E-state index in [4.69, 9.17) is 0 Å². The van der Waals surface area contributed by atoms with E-state index in [1.54, 1.807) is 24.3 Å². The summed E-state index contributed by atoms with van der Waals surface area (Å²) in [6.45, 7) is 3.74. The standard InChI is InChI=1S/C22H23N3O4/c1-14-7-6-10-18(15(14)2)23-19(26)13-24(3)20(27)11-12-25-21(28)16-8-4-5-9-17(16)22(25)29/h4-10H,11-13H2,1-3H3,(H,23,26). The summed E-state index contributed by atoms with van der Waals surface area (Å²) in [5.74, 6) is -1.42. The molecule has 1 aliphatic heterocycles. The second-order valence-corrected chi connectivity index (χ2v) is 7.10. The third-order valence-electron chi connectivity index (χ3n) is 5.11. The third kappa shape index (κ3) is 4.18. The minimum absolute atomic E-state index is 0.0197. The number of carbonyl (C=O) groups excluding carboxylic acids is 4. The molecule has 29 heavy (non-hydrogen) atoms. The highest BCUT2D eigenvalue weighted by Crippen LogP contribution is 2.22. The summed E-state index contributed by atoms with van der Waals surface area (Å²) in [7, 11) is 1.52. The first kappa shape index (κ1) is 20.3. The smallest absolute Gasteiger partial charge is 0.261 e. The number of hydrogen-bond donors (Lipinski definition) is 1. The van der Waals surface area contributed by atoms with Crippen molar-refractivity contribution in [1.29, 1.82) is 0 Å². The van der Waals surface area contributed by atoms with E-state index >= 15 is 0 Å². The molecule has 2 aromatic rings. The van der Waals surface area contributed by atoms with E-state index in [2.05, 4.69) is 5.32 Å². The third-order valence-corrected chi connectivity index (χ3v) is 5.11. The van der Waals surface area contributed by atoms with E-state index in [0.29, 0.717) is 16.8 Å². The van der Waals surface area contributed by atoms with Gasteiger partial charge in [0.25, 0.3) is 11.8 Å². The maximum absolute atomic E-state index is 12.4. The molecular formula is C22H23N3O4. The van der Waals surface area contributed by atoms with Gasteiger partial charge in [0.2, 0.25) is 11.8 Å². The van der Waals surface area contributed by atoms with E-state index in [1.807, 2.05) is 32.0 Å². The first-order valence-electron chi connectivity index (χ1n) is 9.35. The van der Waals surface area contributed by atoms with Crippen molar-refractivity contribution in [3.63, 3.8) is 0 Å². The molecule has 0 aliphatic carbocycles. The number of carbonyl (C=O) groups is 4. The molecule has 2 aromatic carbocycles. The van der Waals surface area contributed by atoms with Gasteiger partial charge in [0.1, 0.15) is 0 Å². The average molecular weight is 393 g/mol. The number of hydrogen-bond acceptors (Lipinski definition) is 4. The highest BCUT2D eigenvalue weighted by atomic mass is 16.2. The average Bonchev–Trinajstić information content (AvgIpc) is 2.94. The Morgan fingerprint density at radius 1 is 0.966 bits per heavy atom. The molecule has 0 saturated heterocycles. The van der Waals surface area contributed by atoms with Gasteiger partial charge in [-0.15, -0.1) is 0 Å². The van der Waals surface area contributed by atoms with E-state index in [1.165, 1.54) is 11.9 Å². The maximum Gasteiger partial charge on any atom is 0.261 e. The van der Waals surface area contributed by atoms with Gasteiger partial charge in [0.05, 0.1) is 17.7 Å². The number of nitrogens with zero attached hydrogens (tertiary/aromatic N) is 2. The van der Waals surface area contributed by atoms with E-state index in [9.17, 15) is 19.2 Å². The lowest BCUT2D eigenvalue weighted by atomic mass is 10.1. The Morgan fingerprint density at radius 3 is 2.21 bits per heavy atom. The molecule has 7 nitrogen and oxygen atoms in total. The predicted molar refractivity (Wildman–Crippen MR) is 109 cm³/mol. The van der Waals surface area contributed by atoms with E-state index in [-0.39, 0.29) is 31.3 Å². The summed E-state index contributed by atoms with van der Waals surface area (Å²) in [6, 6.07) is 12.2. The van der Waals surface area contributed by atoms with Crippen molar-refractivity contribution in [2.75, 3.05) is 25.5 Å². The summed E-state index contributed by atoms with van der Waals surface area (Å²) in [6.07, 6.45) is -0.0429. The van der Waals surface area contributed by atoms with Gasteiger partial charge in [-0.2, -0.15) is 0 Å². The van der Waals surface area contributed by atoms with Crippen LogP contribution < -0.4 is 5.32 Å². The summed E-state index contributed by atoms with van der Waals surface area (Å²) in [5, 5.41) is 2.81. The number of benzene rings is 2. The zero-order valence-electron chi connectivity index (χ0n) is 16.7. The topological polar surface area (TPSA) is 86.8 Å². The number of amides is 4. The van der Waals surface area contributed by atoms with Gasteiger partial charge >= 0.3 is 0 Å². The molecule has 150 valence electrons. The van der Waals surface area contributed by atoms with Crippen LogP contribution in [0.2, 0.25) is 0 Å². The largest absolute Gasteiger partial charge is 0.336 e. The zero-order chi connectivity index (χ0) is 21.1. The molecule has 0 fully saturated rings. The first-order chi connectivity index (χ1) is 13.8. The van der Waals surface area contributed by atoms with Crippen molar-refractivity contribution in [2.45, 2.75) is 20.3 Å². The van der Waals surface area contributed by atoms with Gasteiger partial charge in [-0.25, -0.2) is 0 Å². The van der Waals surface area contributed by atoms with Crippen molar-refractivity contribution in [1.82, 2.24) is 9.80 Å².